The van der Waals surface area contributed by atoms with Crippen molar-refractivity contribution in [3.05, 3.63) is 35.4 Å². The molecule has 0 aromatic heterocycles. The van der Waals surface area contributed by atoms with Crippen molar-refractivity contribution in [1.29, 1.82) is 0 Å². The summed E-state index contributed by atoms with van der Waals surface area (Å²) in [5.74, 6) is 0. The van der Waals surface area contributed by atoms with Gasteiger partial charge in [0.15, 0.2) is 0 Å². The van der Waals surface area contributed by atoms with Crippen LogP contribution in [-0.2, 0) is 12.6 Å². The molecule has 2 fully saturated rings. The van der Waals surface area contributed by atoms with Gasteiger partial charge >= 0.3 is 6.18 Å². The highest BCUT2D eigenvalue weighted by atomic mass is 19.4. The van der Waals surface area contributed by atoms with Gasteiger partial charge in [-0.25, -0.2) is 0 Å². The van der Waals surface area contributed by atoms with E-state index in [9.17, 15) is 13.2 Å². The van der Waals surface area contributed by atoms with Crippen molar-refractivity contribution in [3.8, 4) is 0 Å². The van der Waals surface area contributed by atoms with Crippen molar-refractivity contribution in [2.45, 2.75) is 76.2 Å². The predicted octanol–water partition coefficient (Wildman–Crippen LogP) is 4.91. The third-order valence-electron chi connectivity index (χ3n) is 7.30. The van der Waals surface area contributed by atoms with Crippen LogP contribution >= 0.6 is 0 Å². The third kappa shape index (κ3) is 5.38. The van der Waals surface area contributed by atoms with Crippen molar-refractivity contribution < 1.29 is 13.2 Å². The normalized spacial score (nSPS) is 27.2. The molecule has 0 N–H and O–H groups in total. The molecule has 0 spiro atoms. The highest BCUT2D eigenvalue weighted by molar-refractivity contribution is 5.26. The Bertz CT molecular complexity index is 712. The number of aryl methyl sites for hydroxylation is 1. The summed E-state index contributed by atoms with van der Waals surface area (Å²) in [5, 5.41) is 0. The predicted molar refractivity (Wildman–Crippen MR) is 117 cm³/mol. The average Bonchev–Trinajstić information content (AvgIpc) is 3.11. The van der Waals surface area contributed by atoms with Gasteiger partial charge in [0.05, 0.1) is 5.56 Å². The van der Waals surface area contributed by atoms with E-state index >= 15 is 0 Å². The molecule has 170 valence electrons. The number of piperidine rings is 1. The molecule has 0 amide bonds. The van der Waals surface area contributed by atoms with Gasteiger partial charge in [-0.2, -0.15) is 13.2 Å². The Morgan fingerprint density at radius 1 is 1.17 bits per heavy atom. The minimum absolute atomic E-state index is 0.00435. The Morgan fingerprint density at radius 3 is 2.50 bits per heavy atom. The van der Waals surface area contributed by atoms with Crippen LogP contribution in [0.3, 0.4) is 0 Å². The van der Waals surface area contributed by atoms with Gasteiger partial charge in [-0.3, -0.25) is 9.80 Å². The van der Waals surface area contributed by atoms with Crippen LogP contribution in [-0.4, -0.2) is 72.1 Å². The number of hydrogen-bond donors (Lipinski definition) is 0. The number of alkyl halides is 3. The lowest BCUT2D eigenvalue weighted by atomic mass is 9.79. The molecule has 0 bridgehead atoms. The SMILES string of the molecule is CN1CC[C@H](N(C)[C@@]2(CCc3cccc(C(F)(F)F)c3)CCCN(C(C)(C)C)C2)C1. The molecule has 2 saturated heterocycles. The number of halogens is 3. The molecule has 30 heavy (non-hydrogen) atoms. The van der Waals surface area contributed by atoms with Gasteiger partial charge in [0, 0.05) is 30.2 Å². The lowest BCUT2D eigenvalue weighted by Crippen LogP contribution is -2.63. The minimum atomic E-state index is -4.28. The smallest absolute Gasteiger partial charge is 0.305 e. The fraction of sp³-hybridized carbons (Fsp3) is 0.750. The number of benzene rings is 1. The summed E-state index contributed by atoms with van der Waals surface area (Å²) in [7, 11) is 4.42. The standard InChI is InChI=1S/C24H38F3N3/c1-22(2,3)30-14-7-12-23(18-30,29(5)21-11-15-28(4)17-21)13-10-19-8-6-9-20(16-19)24(25,26)27/h6,8-9,16,21H,7,10-15,17-18H2,1-5H3/t21-,23+/m0/s1. The molecule has 2 aliphatic rings. The highest BCUT2D eigenvalue weighted by Crippen LogP contribution is 2.37. The van der Waals surface area contributed by atoms with Gasteiger partial charge in [-0.05, 0) is 91.7 Å². The van der Waals surface area contributed by atoms with Gasteiger partial charge < -0.3 is 4.90 Å². The maximum Gasteiger partial charge on any atom is 0.416 e. The molecule has 0 radical (unpaired) electrons. The van der Waals surface area contributed by atoms with E-state index in [0.29, 0.717) is 12.5 Å². The fourth-order valence-corrected chi connectivity index (χ4v) is 5.25. The lowest BCUT2D eigenvalue weighted by molar-refractivity contribution is -0.137. The van der Waals surface area contributed by atoms with Crippen LogP contribution in [0.5, 0.6) is 0 Å². The first kappa shape index (κ1) is 23.6. The molecule has 0 saturated carbocycles. The molecule has 6 heteroatoms. The average molecular weight is 426 g/mol. The Hall–Kier alpha value is -1.11. The first-order valence-electron chi connectivity index (χ1n) is 11.2. The largest absolute Gasteiger partial charge is 0.416 e. The zero-order valence-electron chi connectivity index (χ0n) is 19.2. The number of rotatable bonds is 5. The van der Waals surface area contributed by atoms with E-state index in [1.165, 1.54) is 12.1 Å². The number of hydrogen-bond acceptors (Lipinski definition) is 3. The minimum Gasteiger partial charge on any atom is -0.305 e. The van der Waals surface area contributed by atoms with Crippen molar-refractivity contribution in [3.63, 3.8) is 0 Å². The first-order valence-corrected chi connectivity index (χ1v) is 11.2. The van der Waals surface area contributed by atoms with Crippen LogP contribution in [0, 0.1) is 0 Å². The van der Waals surface area contributed by atoms with E-state index in [-0.39, 0.29) is 11.1 Å². The Balaban J connectivity index is 1.83. The van der Waals surface area contributed by atoms with E-state index in [1.807, 2.05) is 6.07 Å². The molecule has 1 aromatic carbocycles. The quantitative estimate of drug-likeness (QED) is 0.664. The zero-order chi connectivity index (χ0) is 22.2. The summed E-state index contributed by atoms with van der Waals surface area (Å²) in [6, 6.07) is 6.40. The molecule has 0 unspecified atom stereocenters. The van der Waals surface area contributed by atoms with Gasteiger partial charge in [0.1, 0.15) is 0 Å². The van der Waals surface area contributed by atoms with Crippen LogP contribution in [0.15, 0.2) is 24.3 Å². The topological polar surface area (TPSA) is 9.72 Å². The van der Waals surface area contributed by atoms with Crippen LogP contribution in [0.2, 0.25) is 0 Å². The summed E-state index contributed by atoms with van der Waals surface area (Å²) in [6.07, 6.45) is 0.676. The second-order valence-corrected chi connectivity index (χ2v) is 10.4. The molecule has 0 aliphatic carbocycles. The van der Waals surface area contributed by atoms with Crippen LogP contribution in [0.4, 0.5) is 13.2 Å². The third-order valence-corrected chi connectivity index (χ3v) is 7.30. The Labute approximate surface area is 180 Å². The molecular formula is C24H38F3N3. The second kappa shape index (κ2) is 8.79. The summed E-state index contributed by atoms with van der Waals surface area (Å²) < 4.78 is 39.5. The second-order valence-electron chi connectivity index (χ2n) is 10.4. The van der Waals surface area contributed by atoms with E-state index in [4.69, 9.17) is 0 Å². The van der Waals surface area contributed by atoms with E-state index in [0.717, 1.165) is 57.4 Å². The van der Waals surface area contributed by atoms with Gasteiger partial charge in [0.25, 0.3) is 0 Å². The van der Waals surface area contributed by atoms with Gasteiger partial charge in [-0.1, -0.05) is 18.2 Å². The van der Waals surface area contributed by atoms with Gasteiger partial charge in [0.2, 0.25) is 0 Å². The molecule has 2 heterocycles. The van der Waals surface area contributed by atoms with Gasteiger partial charge in [-0.15, -0.1) is 0 Å². The van der Waals surface area contributed by atoms with Crippen molar-refractivity contribution in [1.82, 2.24) is 14.7 Å². The summed E-state index contributed by atoms with van der Waals surface area (Å²) in [6.45, 7) is 11.0. The number of likely N-dealkylation sites (N-methyl/N-ethyl adjacent to an activating group) is 2. The Morgan fingerprint density at radius 2 is 1.90 bits per heavy atom. The fourth-order valence-electron chi connectivity index (χ4n) is 5.25. The maximum atomic E-state index is 13.2. The maximum absolute atomic E-state index is 13.2. The molecule has 2 atom stereocenters. The summed E-state index contributed by atoms with van der Waals surface area (Å²) in [5.41, 5.74) is 0.332. The van der Waals surface area contributed by atoms with Crippen molar-refractivity contribution >= 4 is 0 Å². The number of nitrogens with zero attached hydrogens (tertiary/aromatic N) is 3. The van der Waals surface area contributed by atoms with Crippen LogP contribution in [0.1, 0.15) is 57.6 Å². The lowest BCUT2D eigenvalue weighted by Gasteiger charge is -2.53. The van der Waals surface area contributed by atoms with Crippen LogP contribution < -0.4 is 0 Å². The summed E-state index contributed by atoms with van der Waals surface area (Å²) in [4.78, 5) is 7.53. The van der Waals surface area contributed by atoms with E-state index < -0.39 is 11.7 Å². The highest BCUT2D eigenvalue weighted by Gasteiger charge is 2.44. The molecular weight excluding hydrogens is 387 g/mol. The molecule has 3 rings (SSSR count). The molecule has 3 nitrogen and oxygen atoms in total. The van der Waals surface area contributed by atoms with Crippen LogP contribution in [0.25, 0.3) is 0 Å². The van der Waals surface area contributed by atoms with Crippen molar-refractivity contribution in [2.75, 3.05) is 40.3 Å². The monoisotopic (exact) mass is 425 g/mol. The van der Waals surface area contributed by atoms with E-state index in [1.54, 1.807) is 6.07 Å². The van der Waals surface area contributed by atoms with E-state index in [2.05, 4.69) is 49.6 Å². The zero-order valence-corrected chi connectivity index (χ0v) is 19.2. The molecule has 1 aromatic rings. The first-order chi connectivity index (χ1) is 13.9. The Kier molecular flexibility index (Phi) is 6.90. The molecule has 2 aliphatic heterocycles. The van der Waals surface area contributed by atoms with Crippen molar-refractivity contribution in [2.24, 2.45) is 0 Å². The number of likely N-dealkylation sites (tertiary alicyclic amines) is 2. The summed E-state index contributed by atoms with van der Waals surface area (Å²) >= 11 is 0.